The third-order valence-electron chi connectivity index (χ3n) is 3.60. The van der Waals surface area contributed by atoms with Crippen LogP contribution in [0.2, 0.25) is 0 Å². The van der Waals surface area contributed by atoms with Gasteiger partial charge in [-0.25, -0.2) is 9.78 Å². The molecule has 0 aliphatic rings. The maximum Gasteiger partial charge on any atom is 0.348 e. The number of carbonyl (C=O) groups is 1. The maximum absolute atomic E-state index is 12.2. The van der Waals surface area contributed by atoms with Gasteiger partial charge in [-0.15, -0.1) is 0 Å². The molecule has 21 heavy (non-hydrogen) atoms. The van der Waals surface area contributed by atoms with Crippen molar-refractivity contribution in [3.05, 3.63) is 45.7 Å². The first kappa shape index (κ1) is 15.0. The Kier molecular flexibility index (Phi) is 4.21. The Balaban J connectivity index is 2.48. The van der Waals surface area contributed by atoms with Gasteiger partial charge in [0.15, 0.2) is 0 Å². The van der Waals surface area contributed by atoms with Crippen molar-refractivity contribution in [1.29, 1.82) is 0 Å². The van der Waals surface area contributed by atoms with Crippen LogP contribution in [-0.2, 0) is 11.2 Å². The van der Waals surface area contributed by atoms with Gasteiger partial charge in [0, 0.05) is 30.2 Å². The van der Waals surface area contributed by atoms with E-state index < -0.39 is 5.97 Å². The van der Waals surface area contributed by atoms with Crippen molar-refractivity contribution in [1.82, 2.24) is 19.5 Å². The highest BCUT2D eigenvalue weighted by molar-refractivity contribution is 5.67. The zero-order chi connectivity index (χ0) is 15.6. The highest BCUT2D eigenvalue weighted by Crippen LogP contribution is 2.18. The number of rotatable bonds is 5. The molecule has 2 rings (SSSR count). The highest BCUT2D eigenvalue weighted by atomic mass is 16.4. The molecular weight excluding hydrogens is 272 g/mol. The molecule has 2 aromatic heterocycles. The predicted octanol–water partition coefficient (Wildman–Crippen LogP) is 1.21. The van der Waals surface area contributed by atoms with Crippen molar-refractivity contribution in [2.45, 2.75) is 39.7 Å². The van der Waals surface area contributed by atoms with E-state index in [1.165, 1.54) is 0 Å². The smallest absolute Gasteiger partial charge is 0.348 e. The quantitative estimate of drug-likeness (QED) is 0.862. The predicted molar refractivity (Wildman–Crippen MR) is 76.3 cm³/mol. The Morgan fingerprint density at radius 2 is 2.19 bits per heavy atom. The Hall–Kier alpha value is -2.44. The normalized spacial score (nSPS) is 12.3. The first-order chi connectivity index (χ1) is 9.91. The van der Waals surface area contributed by atoms with Gasteiger partial charge in [-0.1, -0.05) is 0 Å². The van der Waals surface area contributed by atoms with E-state index in [0.29, 0.717) is 17.9 Å². The number of imidazole rings is 1. The lowest BCUT2D eigenvalue weighted by molar-refractivity contribution is -0.136. The molecule has 2 heterocycles. The molecule has 0 bridgehead atoms. The molecule has 0 aliphatic carbocycles. The third-order valence-corrected chi connectivity index (χ3v) is 3.60. The molecule has 0 aromatic carbocycles. The summed E-state index contributed by atoms with van der Waals surface area (Å²) < 4.78 is 1.54. The minimum Gasteiger partial charge on any atom is -0.481 e. The van der Waals surface area contributed by atoms with Gasteiger partial charge in [-0.05, 0) is 32.8 Å². The highest BCUT2D eigenvalue weighted by Gasteiger charge is 2.18. The number of aliphatic carboxylic acids is 1. The van der Waals surface area contributed by atoms with E-state index in [-0.39, 0.29) is 18.2 Å². The van der Waals surface area contributed by atoms with Gasteiger partial charge < -0.3 is 10.1 Å². The van der Waals surface area contributed by atoms with Gasteiger partial charge in [-0.2, -0.15) is 4.98 Å². The first-order valence-corrected chi connectivity index (χ1v) is 6.71. The Labute approximate surface area is 121 Å². The van der Waals surface area contributed by atoms with Crippen molar-refractivity contribution in [3.8, 4) is 0 Å². The van der Waals surface area contributed by atoms with Crippen molar-refractivity contribution in [2.75, 3.05) is 0 Å². The molecule has 0 saturated heterocycles. The van der Waals surface area contributed by atoms with E-state index in [1.54, 1.807) is 23.9 Å². The minimum atomic E-state index is -0.870. The number of aromatic nitrogens is 4. The molecule has 7 nitrogen and oxygen atoms in total. The fraction of sp³-hybridized carbons (Fsp3) is 0.429. The van der Waals surface area contributed by atoms with E-state index in [1.807, 2.05) is 13.8 Å². The van der Waals surface area contributed by atoms with Crippen LogP contribution in [0.1, 0.15) is 42.2 Å². The minimum absolute atomic E-state index is 0.0106. The topological polar surface area (TPSA) is 101 Å². The van der Waals surface area contributed by atoms with Gasteiger partial charge in [0.2, 0.25) is 0 Å². The second-order valence-corrected chi connectivity index (χ2v) is 4.96. The van der Waals surface area contributed by atoms with Crippen molar-refractivity contribution >= 4 is 5.97 Å². The van der Waals surface area contributed by atoms with Crippen molar-refractivity contribution in [2.24, 2.45) is 0 Å². The number of H-pyrrole nitrogens is 1. The van der Waals surface area contributed by atoms with Crippen molar-refractivity contribution < 1.29 is 9.90 Å². The van der Waals surface area contributed by atoms with Crippen LogP contribution in [0.25, 0.3) is 0 Å². The molecule has 0 saturated carbocycles. The largest absolute Gasteiger partial charge is 0.481 e. The SMILES string of the molecule is Cc1nc(=O)n(C(C)c2ncc[nH]2)c(C)c1CCC(=O)O. The zero-order valence-electron chi connectivity index (χ0n) is 12.3. The average Bonchev–Trinajstić information content (AvgIpc) is 2.91. The summed E-state index contributed by atoms with van der Waals surface area (Å²) in [6, 6.07) is -0.288. The summed E-state index contributed by atoms with van der Waals surface area (Å²) in [5.74, 6) is -0.208. The summed E-state index contributed by atoms with van der Waals surface area (Å²) in [5, 5.41) is 8.84. The summed E-state index contributed by atoms with van der Waals surface area (Å²) in [6.45, 7) is 5.39. The van der Waals surface area contributed by atoms with Crippen molar-refractivity contribution in [3.63, 3.8) is 0 Å². The fourth-order valence-electron chi connectivity index (χ4n) is 2.49. The number of carboxylic acid groups (broad SMARTS) is 1. The lowest BCUT2D eigenvalue weighted by atomic mass is 10.1. The van der Waals surface area contributed by atoms with E-state index in [0.717, 1.165) is 11.3 Å². The molecule has 0 aliphatic heterocycles. The van der Waals surface area contributed by atoms with E-state index in [9.17, 15) is 9.59 Å². The molecular formula is C14H18N4O3. The van der Waals surface area contributed by atoms with E-state index in [4.69, 9.17) is 5.11 Å². The lowest BCUT2D eigenvalue weighted by Gasteiger charge is -2.19. The molecule has 2 aromatic rings. The van der Waals surface area contributed by atoms with Crippen LogP contribution in [0.3, 0.4) is 0 Å². The fourth-order valence-corrected chi connectivity index (χ4v) is 2.49. The zero-order valence-corrected chi connectivity index (χ0v) is 12.3. The molecule has 0 fully saturated rings. The molecule has 0 radical (unpaired) electrons. The molecule has 112 valence electrons. The Morgan fingerprint density at radius 1 is 1.48 bits per heavy atom. The monoisotopic (exact) mass is 290 g/mol. The third kappa shape index (κ3) is 3.01. The average molecular weight is 290 g/mol. The second-order valence-electron chi connectivity index (χ2n) is 4.96. The lowest BCUT2D eigenvalue weighted by Crippen LogP contribution is -2.31. The summed E-state index contributed by atoms with van der Waals surface area (Å²) in [6.07, 6.45) is 3.68. The van der Waals surface area contributed by atoms with Crippen LogP contribution in [0.4, 0.5) is 0 Å². The van der Waals surface area contributed by atoms with Crippen LogP contribution in [0.5, 0.6) is 0 Å². The summed E-state index contributed by atoms with van der Waals surface area (Å²) in [5.41, 5.74) is 1.77. The van der Waals surface area contributed by atoms with Crippen LogP contribution in [0.15, 0.2) is 17.2 Å². The van der Waals surface area contributed by atoms with Gasteiger partial charge in [0.05, 0.1) is 6.04 Å². The molecule has 1 unspecified atom stereocenters. The molecule has 7 heteroatoms. The van der Waals surface area contributed by atoms with Gasteiger partial charge in [-0.3, -0.25) is 9.36 Å². The number of hydrogen-bond acceptors (Lipinski definition) is 4. The maximum atomic E-state index is 12.2. The molecule has 1 atom stereocenters. The summed E-state index contributed by atoms with van der Waals surface area (Å²) in [4.78, 5) is 34.1. The second kappa shape index (κ2) is 5.90. The van der Waals surface area contributed by atoms with Gasteiger partial charge in [0.25, 0.3) is 0 Å². The van der Waals surface area contributed by atoms with E-state index >= 15 is 0 Å². The number of nitrogens with zero attached hydrogens (tertiary/aromatic N) is 3. The van der Waals surface area contributed by atoms with Crippen LogP contribution in [-0.4, -0.2) is 30.6 Å². The molecule has 0 spiro atoms. The number of aromatic amines is 1. The summed E-state index contributed by atoms with van der Waals surface area (Å²) in [7, 11) is 0. The van der Waals surface area contributed by atoms with Crippen LogP contribution < -0.4 is 5.69 Å². The Morgan fingerprint density at radius 3 is 2.76 bits per heavy atom. The molecule has 2 N–H and O–H groups in total. The van der Waals surface area contributed by atoms with Gasteiger partial charge in [0.1, 0.15) is 5.82 Å². The number of aryl methyl sites for hydroxylation is 1. The number of nitrogens with one attached hydrogen (secondary N) is 1. The van der Waals surface area contributed by atoms with Crippen LogP contribution >= 0.6 is 0 Å². The van der Waals surface area contributed by atoms with Gasteiger partial charge >= 0.3 is 11.7 Å². The number of hydrogen-bond donors (Lipinski definition) is 2. The number of carboxylic acids is 1. The Bertz CT molecular complexity index is 704. The molecule has 0 amide bonds. The van der Waals surface area contributed by atoms with Crippen LogP contribution in [0, 0.1) is 13.8 Å². The first-order valence-electron chi connectivity index (χ1n) is 6.71. The summed E-state index contributed by atoms with van der Waals surface area (Å²) >= 11 is 0. The standard InChI is InChI=1S/C14H18N4O3/c1-8-11(4-5-12(19)20)9(2)18(14(21)17-8)10(3)13-15-6-7-16-13/h6-7,10H,4-5H2,1-3H3,(H,15,16)(H,19,20). The van der Waals surface area contributed by atoms with E-state index in [2.05, 4.69) is 15.0 Å².